The molecule has 5 rings (SSSR count). The molecule has 6 N–H and O–H groups in total. The maximum atomic E-state index is 14.7. The van der Waals surface area contributed by atoms with E-state index in [-0.39, 0.29) is 18.5 Å². The largest absolute Gasteiger partial charge is 0.511 e. The number of phenolic OH excluding ortho intramolecular Hbond substituents is 1. The molecular formula is C29H34F3N3O7. The summed E-state index contributed by atoms with van der Waals surface area (Å²) in [6.45, 7) is 5.28. The van der Waals surface area contributed by atoms with Crippen LogP contribution in [0.3, 0.4) is 0 Å². The first kappa shape index (κ1) is 30.1. The molecule has 13 heteroatoms. The number of nitrogens with two attached hydrogens (primary N) is 1. The van der Waals surface area contributed by atoms with Crippen molar-refractivity contribution in [3.05, 3.63) is 51.0 Å². The fourth-order valence-electron chi connectivity index (χ4n) is 7.12. The molecule has 1 unspecified atom stereocenters. The zero-order valence-electron chi connectivity index (χ0n) is 23.1. The van der Waals surface area contributed by atoms with Gasteiger partial charge >= 0.3 is 6.18 Å². The Bertz CT molecular complexity index is 1410. The molecule has 42 heavy (non-hydrogen) atoms. The van der Waals surface area contributed by atoms with E-state index >= 15 is 0 Å². The van der Waals surface area contributed by atoms with Gasteiger partial charge in [-0.25, -0.2) is 0 Å². The normalized spacial score (nSPS) is 26.5. The number of amides is 1. The number of aliphatic hydroxyl groups is 3. The van der Waals surface area contributed by atoms with Crippen molar-refractivity contribution in [2.45, 2.75) is 57.3 Å². The van der Waals surface area contributed by atoms with Crippen LogP contribution in [0.1, 0.15) is 59.7 Å². The second kappa shape index (κ2) is 10.7. The van der Waals surface area contributed by atoms with E-state index in [1.807, 2.05) is 11.8 Å². The van der Waals surface area contributed by atoms with Gasteiger partial charge in [-0.05, 0) is 68.4 Å². The number of alkyl halides is 3. The Morgan fingerprint density at radius 3 is 2.43 bits per heavy atom. The quantitative estimate of drug-likeness (QED) is 0.299. The molecule has 4 aliphatic rings. The van der Waals surface area contributed by atoms with Gasteiger partial charge in [0.2, 0.25) is 5.78 Å². The SMILES string of the molecule is CCN(CCN1CCCC1)Cc1cc(O)c2c(c1C(F)(F)F)CC1C[C@H]3CC(O)=C(C(N)=O)C(=O)[C@@]3(O)C(O)=C1C2=O. The summed E-state index contributed by atoms with van der Waals surface area (Å²) >= 11 is 0. The van der Waals surface area contributed by atoms with Crippen LogP contribution < -0.4 is 5.73 Å². The molecule has 0 spiro atoms. The van der Waals surface area contributed by atoms with Crippen LogP contribution in [0.2, 0.25) is 0 Å². The standard InChI is InChI=1S/C29H34F3N3O7/c1-2-34(7-8-35-5-3-4-6-35)13-15-11-18(36)21-17(23(15)29(30,31)32)10-14-9-16-12-19(37)22(27(33)41)26(40)28(16,42)25(39)20(14)24(21)38/h11,14,16,36-37,39,42H,2-10,12-13H2,1H3,(H2,33,41)/t14?,16-,28-/m0/s1. The van der Waals surface area contributed by atoms with Crippen molar-refractivity contribution in [1.82, 2.24) is 9.80 Å². The van der Waals surface area contributed by atoms with Crippen molar-refractivity contribution in [3.63, 3.8) is 0 Å². The number of likely N-dealkylation sites (N-methyl/N-ethyl adjacent to an activating group) is 1. The average Bonchev–Trinajstić information content (AvgIpc) is 3.41. The summed E-state index contributed by atoms with van der Waals surface area (Å²) in [5.74, 6) is -8.68. The number of likely N-dealkylation sites (tertiary alicyclic amines) is 1. The average molecular weight is 594 g/mol. The van der Waals surface area contributed by atoms with Gasteiger partial charge in [0, 0.05) is 37.5 Å². The fourth-order valence-corrected chi connectivity index (χ4v) is 7.12. The van der Waals surface area contributed by atoms with E-state index in [1.165, 1.54) is 0 Å². The van der Waals surface area contributed by atoms with Crippen LogP contribution in [0.5, 0.6) is 5.75 Å². The van der Waals surface area contributed by atoms with Gasteiger partial charge in [0.25, 0.3) is 5.91 Å². The van der Waals surface area contributed by atoms with E-state index in [4.69, 9.17) is 5.73 Å². The highest BCUT2D eigenvalue weighted by Crippen LogP contribution is 2.53. The van der Waals surface area contributed by atoms with Crippen LogP contribution in [0.15, 0.2) is 28.7 Å². The first-order chi connectivity index (χ1) is 19.7. The lowest BCUT2D eigenvalue weighted by atomic mass is 9.60. The number of carbonyl (C=O) groups is 3. The number of ketones is 2. The Morgan fingerprint density at radius 2 is 1.83 bits per heavy atom. The Kier molecular flexibility index (Phi) is 7.65. The number of fused-ring (bicyclic) bond motifs is 3. The maximum absolute atomic E-state index is 14.7. The topological polar surface area (TPSA) is 165 Å². The van der Waals surface area contributed by atoms with E-state index in [0.29, 0.717) is 19.6 Å². The van der Waals surface area contributed by atoms with Gasteiger partial charge in [-0.15, -0.1) is 0 Å². The highest BCUT2D eigenvalue weighted by Gasteiger charge is 2.60. The number of rotatable bonds is 7. The number of primary amides is 1. The smallest absolute Gasteiger partial charge is 0.417 e. The number of halogens is 3. The Hall–Kier alpha value is -3.42. The van der Waals surface area contributed by atoms with Crippen molar-refractivity contribution in [2.24, 2.45) is 17.6 Å². The van der Waals surface area contributed by atoms with Gasteiger partial charge in [-0.1, -0.05) is 6.92 Å². The number of allylic oxidation sites excluding steroid dienone is 2. The van der Waals surface area contributed by atoms with Crippen molar-refractivity contribution in [2.75, 3.05) is 32.7 Å². The molecule has 0 bridgehead atoms. The van der Waals surface area contributed by atoms with Gasteiger partial charge in [-0.2, -0.15) is 13.2 Å². The summed E-state index contributed by atoms with van der Waals surface area (Å²) < 4.78 is 44.1. The molecule has 1 fully saturated rings. The van der Waals surface area contributed by atoms with Crippen LogP contribution >= 0.6 is 0 Å². The zero-order chi connectivity index (χ0) is 30.7. The molecule has 0 aromatic heterocycles. The van der Waals surface area contributed by atoms with E-state index in [2.05, 4.69) is 4.90 Å². The highest BCUT2D eigenvalue weighted by atomic mass is 19.4. The molecule has 0 saturated carbocycles. The lowest BCUT2D eigenvalue weighted by Gasteiger charge is -2.45. The fraction of sp³-hybridized carbons (Fsp3) is 0.552. The molecule has 0 radical (unpaired) electrons. The third kappa shape index (κ3) is 4.77. The minimum Gasteiger partial charge on any atom is -0.511 e. The Balaban J connectivity index is 1.57. The summed E-state index contributed by atoms with van der Waals surface area (Å²) in [5, 5.41) is 43.6. The second-order valence-electron chi connectivity index (χ2n) is 11.6. The molecule has 3 atom stereocenters. The van der Waals surface area contributed by atoms with Crippen molar-refractivity contribution < 1.29 is 48.0 Å². The summed E-state index contributed by atoms with van der Waals surface area (Å²) in [7, 11) is 0. The summed E-state index contributed by atoms with van der Waals surface area (Å²) in [4.78, 5) is 42.6. The Morgan fingerprint density at radius 1 is 1.17 bits per heavy atom. The van der Waals surface area contributed by atoms with Crippen LogP contribution in [-0.2, 0) is 28.7 Å². The monoisotopic (exact) mass is 593 g/mol. The van der Waals surface area contributed by atoms with E-state index in [1.54, 1.807) is 0 Å². The number of phenols is 1. The molecule has 1 saturated heterocycles. The number of hydrogen-bond acceptors (Lipinski definition) is 9. The number of nitrogens with zero attached hydrogens (tertiary/aromatic N) is 2. The predicted octanol–water partition coefficient (Wildman–Crippen LogP) is 2.52. The molecule has 3 aliphatic carbocycles. The number of Topliss-reactive ketones (excluding diaryl/α,β-unsaturated/α-hetero) is 2. The molecule has 1 aromatic carbocycles. The number of carbonyl (C=O) groups excluding carboxylic acids is 3. The maximum Gasteiger partial charge on any atom is 0.417 e. The first-order valence-corrected chi connectivity index (χ1v) is 14.1. The Labute approximate surface area is 239 Å². The van der Waals surface area contributed by atoms with E-state index in [0.717, 1.165) is 32.0 Å². The summed E-state index contributed by atoms with van der Waals surface area (Å²) in [5.41, 5.74) is -1.29. The lowest BCUT2D eigenvalue weighted by Crippen LogP contribution is -2.57. The molecule has 10 nitrogen and oxygen atoms in total. The van der Waals surface area contributed by atoms with Crippen molar-refractivity contribution in [1.29, 1.82) is 0 Å². The minimum absolute atomic E-state index is 0.113. The van der Waals surface area contributed by atoms with E-state index in [9.17, 15) is 48.0 Å². The first-order valence-electron chi connectivity index (χ1n) is 14.1. The number of hydrogen-bond donors (Lipinski definition) is 5. The van der Waals surface area contributed by atoms with Crippen LogP contribution in [0, 0.1) is 11.8 Å². The summed E-state index contributed by atoms with van der Waals surface area (Å²) in [6.07, 6.45) is -3.84. The number of aliphatic hydroxyl groups excluding tert-OH is 2. The van der Waals surface area contributed by atoms with Gasteiger partial charge in [0.15, 0.2) is 11.4 Å². The number of aromatic hydroxyl groups is 1. The molecule has 1 heterocycles. The molecule has 1 aliphatic heterocycles. The molecular weight excluding hydrogens is 559 g/mol. The molecule has 1 amide bonds. The van der Waals surface area contributed by atoms with E-state index < -0.39 is 99.0 Å². The third-order valence-electron chi connectivity index (χ3n) is 9.20. The van der Waals surface area contributed by atoms with Gasteiger partial charge < -0.3 is 31.1 Å². The lowest BCUT2D eigenvalue weighted by molar-refractivity contribution is -0.144. The minimum atomic E-state index is -4.88. The van der Waals surface area contributed by atoms with Crippen molar-refractivity contribution in [3.8, 4) is 5.75 Å². The van der Waals surface area contributed by atoms with Crippen LogP contribution in [-0.4, -0.2) is 86.0 Å². The van der Waals surface area contributed by atoms with Gasteiger partial charge in [0.1, 0.15) is 22.8 Å². The molecule has 1 aromatic rings. The number of benzene rings is 1. The van der Waals surface area contributed by atoms with Gasteiger partial charge in [0.05, 0.1) is 11.1 Å². The van der Waals surface area contributed by atoms with Crippen LogP contribution in [0.4, 0.5) is 13.2 Å². The summed E-state index contributed by atoms with van der Waals surface area (Å²) in [6, 6.07) is 0.925. The highest BCUT2D eigenvalue weighted by molar-refractivity contribution is 6.24. The van der Waals surface area contributed by atoms with Crippen molar-refractivity contribution >= 4 is 17.5 Å². The second-order valence-corrected chi connectivity index (χ2v) is 11.6. The van der Waals surface area contributed by atoms with Gasteiger partial charge in [-0.3, -0.25) is 19.3 Å². The van der Waals surface area contributed by atoms with Crippen LogP contribution in [0.25, 0.3) is 0 Å². The molecule has 228 valence electrons. The zero-order valence-corrected chi connectivity index (χ0v) is 23.1. The third-order valence-corrected chi connectivity index (χ3v) is 9.20. The predicted molar refractivity (Wildman–Crippen MR) is 142 cm³/mol.